The predicted molar refractivity (Wildman–Crippen MR) is 108 cm³/mol. The molecule has 0 amide bonds. The molecule has 0 atom stereocenters. The number of rotatable bonds is 5. The fraction of sp³-hybridized carbons (Fsp3) is 0.143. The normalized spacial score (nSPS) is 12.1. The van der Waals surface area contributed by atoms with Gasteiger partial charge in [0.25, 0.3) is 0 Å². The Morgan fingerprint density at radius 1 is 1.07 bits per heavy atom. The van der Waals surface area contributed by atoms with Crippen LogP contribution >= 0.6 is 11.3 Å². The highest BCUT2D eigenvalue weighted by Gasteiger charge is 2.16. The van der Waals surface area contributed by atoms with Crippen molar-refractivity contribution in [2.24, 2.45) is 5.16 Å². The highest BCUT2D eigenvalue weighted by atomic mass is 32.1. The van der Waals surface area contributed by atoms with E-state index in [0.29, 0.717) is 22.7 Å². The van der Waals surface area contributed by atoms with Crippen molar-refractivity contribution in [1.29, 1.82) is 0 Å². The molecule has 0 radical (unpaired) electrons. The van der Waals surface area contributed by atoms with Crippen molar-refractivity contribution in [2.45, 2.75) is 13.5 Å². The largest absolute Gasteiger partial charge is 0.411 e. The summed E-state index contributed by atoms with van der Waals surface area (Å²) in [4.78, 5) is 13.5. The molecule has 0 saturated heterocycles. The second-order valence-electron chi connectivity index (χ2n) is 6.33. The van der Waals surface area contributed by atoms with E-state index in [1.165, 1.54) is 11.3 Å². The smallest absolute Gasteiger partial charge is 0.202 e. The van der Waals surface area contributed by atoms with Crippen molar-refractivity contribution in [3.05, 3.63) is 69.9 Å². The lowest BCUT2D eigenvalue weighted by atomic mass is 10.0. The zero-order valence-corrected chi connectivity index (χ0v) is 15.5. The molecule has 6 heteroatoms. The molecule has 4 rings (SSSR count). The summed E-state index contributed by atoms with van der Waals surface area (Å²) >= 11 is 1.43. The molecule has 27 heavy (non-hydrogen) atoms. The molecule has 2 aromatic heterocycles. The molecule has 4 aromatic rings. The Kier molecular flexibility index (Phi) is 4.51. The highest BCUT2D eigenvalue weighted by molar-refractivity contribution is 7.12. The molecule has 0 fully saturated rings. The molecule has 0 spiro atoms. The van der Waals surface area contributed by atoms with E-state index in [1.54, 1.807) is 6.92 Å². The summed E-state index contributed by atoms with van der Waals surface area (Å²) in [6.07, 6.45) is 0. The summed E-state index contributed by atoms with van der Waals surface area (Å²) in [6.45, 7) is 2.22. The third kappa shape index (κ3) is 2.93. The van der Waals surface area contributed by atoms with E-state index >= 15 is 0 Å². The van der Waals surface area contributed by atoms with E-state index < -0.39 is 0 Å². The van der Waals surface area contributed by atoms with Crippen LogP contribution in [-0.4, -0.2) is 33.0 Å². The Balaban J connectivity index is 1.97. The first-order chi connectivity index (χ1) is 13.1. The molecule has 0 aliphatic carbocycles. The van der Waals surface area contributed by atoms with Crippen LogP contribution in [0.4, 0.5) is 0 Å². The average molecular weight is 378 g/mol. The molecule has 0 aliphatic rings. The third-order valence-corrected chi connectivity index (χ3v) is 5.63. The minimum Gasteiger partial charge on any atom is -0.411 e. The lowest BCUT2D eigenvalue weighted by molar-refractivity contribution is 0.104. The maximum atomic E-state index is 12.8. The standard InChI is InChI=1S/C21H18N2O3S/c1-13(22-26)14-4-6-18-16(11-14)17-12-15(21(25)20-3-2-10-27-20)5-7-19(17)23(18)8-9-24/h2-7,10-12,24,26H,8-9H2,1H3/b22-13+. The van der Waals surface area contributed by atoms with Gasteiger partial charge < -0.3 is 14.9 Å². The van der Waals surface area contributed by atoms with E-state index in [2.05, 4.69) is 5.16 Å². The lowest BCUT2D eigenvalue weighted by Gasteiger charge is -2.05. The quantitative estimate of drug-likeness (QED) is 0.236. The maximum absolute atomic E-state index is 12.8. The zero-order chi connectivity index (χ0) is 19.0. The van der Waals surface area contributed by atoms with Crippen molar-refractivity contribution in [3.8, 4) is 0 Å². The second kappa shape index (κ2) is 6.98. The molecule has 0 aliphatic heterocycles. The van der Waals surface area contributed by atoms with Gasteiger partial charge in [0.15, 0.2) is 0 Å². The molecule has 2 N–H and O–H groups in total. The number of fused-ring (bicyclic) bond motifs is 3. The number of carbonyl (C=O) groups is 1. The highest BCUT2D eigenvalue weighted by Crippen LogP contribution is 2.31. The van der Waals surface area contributed by atoms with Crippen molar-refractivity contribution < 1.29 is 15.1 Å². The molecular weight excluding hydrogens is 360 g/mol. The molecule has 0 bridgehead atoms. The molecule has 5 nitrogen and oxygen atoms in total. The van der Waals surface area contributed by atoms with Gasteiger partial charge >= 0.3 is 0 Å². The van der Waals surface area contributed by atoms with Gasteiger partial charge in [-0.15, -0.1) is 11.3 Å². The number of aliphatic hydroxyl groups excluding tert-OH is 1. The fourth-order valence-corrected chi connectivity index (χ4v) is 4.10. The second-order valence-corrected chi connectivity index (χ2v) is 7.28. The number of ketones is 1. The van der Waals surface area contributed by atoms with Crippen LogP contribution in [0, 0.1) is 0 Å². The Labute approximate surface area is 159 Å². The molecule has 136 valence electrons. The average Bonchev–Trinajstić information content (AvgIpc) is 3.34. The Bertz CT molecular complexity index is 1170. The zero-order valence-electron chi connectivity index (χ0n) is 14.7. The van der Waals surface area contributed by atoms with Gasteiger partial charge in [-0.2, -0.15) is 0 Å². The van der Waals surface area contributed by atoms with Gasteiger partial charge in [-0.1, -0.05) is 17.3 Å². The van der Waals surface area contributed by atoms with Crippen molar-refractivity contribution in [3.63, 3.8) is 0 Å². The van der Waals surface area contributed by atoms with Crippen molar-refractivity contribution in [2.75, 3.05) is 6.61 Å². The van der Waals surface area contributed by atoms with Gasteiger partial charge in [0.2, 0.25) is 5.78 Å². The van der Waals surface area contributed by atoms with Crippen LogP contribution in [0.1, 0.15) is 27.7 Å². The first-order valence-corrected chi connectivity index (χ1v) is 9.46. The van der Waals surface area contributed by atoms with Crippen LogP contribution in [0.5, 0.6) is 0 Å². The molecule has 0 saturated carbocycles. The first kappa shape index (κ1) is 17.5. The summed E-state index contributed by atoms with van der Waals surface area (Å²) in [5, 5.41) is 25.6. The minimum absolute atomic E-state index is 0.000728. The summed E-state index contributed by atoms with van der Waals surface area (Å²) < 4.78 is 2.04. The Morgan fingerprint density at radius 2 is 1.74 bits per heavy atom. The number of oxime groups is 1. The van der Waals surface area contributed by atoms with E-state index in [-0.39, 0.29) is 12.4 Å². The van der Waals surface area contributed by atoms with Crippen LogP contribution in [0.25, 0.3) is 21.8 Å². The third-order valence-electron chi connectivity index (χ3n) is 4.76. The number of carbonyl (C=O) groups excluding carboxylic acids is 1. The summed E-state index contributed by atoms with van der Waals surface area (Å²) in [5.74, 6) is -0.000728. The number of nitrogens with zero attached hydrogens (tertiary/aromatic N) is 2. The monoisotopic (exact) mass is 378 g/mol. The van der Waals surface area contributed by atoms with Gasteiger partial charge in [-0.3, -0.25) is 4.79 Å². The van der Waals surface area contributed by atoms with Crippen LogP contribution in [-0.2, 0) is 6.54 Å². The van der Waals surface area contributed by atoms with Crippen LogP contribution in [0.3, 0.4) is 0 Å². The summed E-state index contributed by atoms with van der Waals surface area (Å²) in [5.41, 5.74) is 3.88. The molecule has 0 unspecified atom stereocenters. The van der Waals surface area contributed by atoms with Crippen molar-refractivity contribution >= 4 is 44.6 Å². The lowest BCUT2D eigenvalue weighted by Crippen LogP contribution is -2.02. The van der Waals surface area contributed by atoms with Gasteiger partial charge in [-0.05, 0) is 54.3 Å². The molecular formula is C21H18N2O3S. The number of hydrogen-bond acceptors (Lipinski definition) is 5. The number of aromatic nitrogens is 1. The topological polar surface area (TPSA) is 74.8 Å². The van der Waals surface area contributed by atoms with Gasteiger partial charge in [0.05, 0.1) is 17.2 Å². The van der Waals surface area contributed by atoms with E-state index in [4.69, 9.17) is 5.21 Å². The predicted octanol–water partition coefficient (Wildman–Crippen LogP) is 4.28. The van der Waals surface area contributed by atoms with E-state index in [1.807, 2.05) is 58.5 Å². The number of hydrogen-bond donors (Lipinski definition) is 2. The SMILES string of the molecule is C/C(=N\O)c1ccc2c(c1)c1cc(C(=O)c3cccs3)ccc1n2CCO. The van der Waals surface area contributed by atoms with E-state index in [9.17, 15) is 9.90 Å². The minimum atomic E-state index is -0.000728. The Morgan fingerprint density at radius 3 is 2.33 bits per heavy atom. The molecule has 2 heterocycles. The van der Waals surface area contributed by atoms with Crippen LogP contribution < -0.4 is 0 Å². The van der Waals surface area contributed by atoms with E-state index in [0.717, 1.165) is 27.4 Å². The fourth-order valence-electron chi connectivity index (χ4n) is 3.42. The van der Waals surface area contributed by atoms with Gasteiger partial charge in [-0.25, -0.2) is 0 Å². The van der Waals surface area contributed by atoms with Crippen LogP contribution in [0.2, 0.25) is 0 Å². The Hall–Kier alpha value is -2.96. The molecule has 2 aromatic carbocycles. The van der Waals surface area contributed by atoms with Gasteiger partial charge in [0.1, 0.15) is 0 Å². The number of thiophene rings is 1. The summed E-state index contributed by atoms with van der Waals surface area (Å²) in [7, 11) is 0. The summed E-state index contributed by atoms with van der Waals surface area (Å²) in [6, 6.07) is 15.2. The number of aliphatic hydroxyl groups is 1. The first-order valence-electron chi connectivity index (χ1n) is 8.58. The van der Waals surface area contributed by atoms with Crippen molar-refractivity contribution in [1.82, 2.24) is 4.57 Å². The van der Waals surface area contributed by atoms with Gasteiger partial charge in [0, 0.05) is 33.9 Å². The maximum Gasteiger partial charge on any atom is 0.202 e. The van der Waals surface area contributed by atoms with Crippen LogP contribution in [0.15, 0.2) is 59.1 Å². The number of benzene rings is 2.